The highest BCUT2D eigenvalue weighted by Crippen LogP contribution is 2.23. The number of benzene rings is 1. The van der Waals surface area contributed by atoms with Crippen molar-refractivity contribution in [2.24, 2.45) is 0 Å². The van der Waals surface area contributed by atoms with Crippen molar-refractivity contribution in [1.29, 1.82) is 0 Å². The first kappa shape index (κ1) is 10.5. The highest BCUT2D eigenvalue weighted by molar-refractivity contribution is 5.63. The van der Waals surface area contributed by atoms with Crippen LogP contribution in [0, 0.1) is 12.7 Å². The zero-order valence-electron chi connectivity index (χ0n) is 9.16. The number of hydrogen-bond donors (Lipinski definition) is 1. The van der Waals surface area contributed by atoms with E-state index in [1.165, 1.54) is 6.07 Å². The van der Waals surface area contributed by atoms with Gasteiger partial charge >= 0.3 is 0 Å². The fraction of sp³-hybridized carbons (Fsp3) is 0.167. The molecular formula is C12H12FN3. The second-order valence-electron chi connectivity index (χ2n) is 3.47. The normalized spacial score (nSPS) is 10.2. The van der Waals surface area contributed by atoms with Crippen LogP contribution in [-0.4, -0.2) is 17.2 Å². The van der Waals surface area contributed by atoms with Gasteiger partial charge in [-0.1, -0.05) is 12.1 Å². The summed E-state index contributed by atoms with van der Waals surface area (Å²) in [5, 5.41) is 10.9. The van der Waals surface area contributed by atoms with Gasteiger partial charge in [-0.05, 0) is 30.7 Å². The van der Waals surface area contributed by atoms with Crippen LogP contribution in [0.2, 0.25) is 0 Å². The van der Waals surface area contributed by atoms with E-state index in [0.29, 0.717) is 17.1 Å². The first-order valence-corrected chi connectivity index (χ1v) is 4.99. The minimum Gasteiger partial charge on any atom is -0.372 e. The molecule has 0 amide bonds. The molecule has 0 saturated heterocycles. The summed E-state index contributed by atoms with van der Waals surface area (Å²) in [6.45, 7) is 1.73. The van der Waals surface area contributed by atoms with E-state index in [1.54, 1.807) is 20.0 Å². The zero-order chi connectivity index (χ0) is 11.5. The molecule has 1 heterocycles. The first-order chi connectivity index (χ1) is 7.72. The summed E-state index contributed by atoms with van der Waals surface area (Å²) in [6, 6.07) is 8.58. The van der Waals surface area contributed by atoms with E-state index < -0.39 is 0 Å². The van der Waals surface area contributed by atoms with Gasteiger partial charge in [-0.15, -0.1) is 10.2 Å². The summed E-state index contributed by atoms with van der Waals surface area (Å²) in [5.41, 5.74) is 2.04. The van der Waals surface area contributed by atoms with E-state index >= 15 is 0 Å². The molecule has 0 aliphatic heterocycles. The predicted octanol–water partition coefficient (Wildman–Crippen LogP) is 2.63. The molecule has 0 radical (unpaired) electrons. The zero-order valence-corrected chi connectivity index (χ0v) is 9.16. The lowest BCUT2D eigenvalue weighted by Crippen LogP contribution is -1.96. The minimum atomic E-state index is -0.225. The van der Waals surface area contributed by atoms with Crippen molar-refractivity contribution in [2.45, 2.75) is 6.92 Å². The van der Waals surface area contributed by atoms with Crippen LogP contribution in [0.1, 0.15) is 5.56 Å². The lowest BCUT2D eigenvalue weighted by Gasteiger charge is -2.05. The second-order valence-corrected chi connectivity index (χ2v) is 3.47. The Balaban J connectivity index is 2.46. The van der Waals surface area contributed by atoms with Gasteiger partial charge in [0.2, 0.25) is 0 Å². The summed E-state index contributed by atoms with van der Waals surface area (Å²) in [6.07, 6.45) is 0. The van der Waals surface area contributed by atoms with Gasteiger partial charge in [-0.3, -0.25) is 0 Å². The fourth-order valence-corrected chi connectivity index (χ4v) is 1.49. The van der Waals surface area contributed by atoms with Crippen LogP contribution in [0.4, 0.5) is 10.2 Å². The SMILES string of the molecule is CNc1ccc(-c2cccc(F)c2C)nn1. The molecule has 16 heavy (non-hydrogen) atoms. The molecule has 2 aromatic rings. The van der Waals surface area contributed by atoms with Gasteiger partial charge in [0, 0.05) is 12.6 Å². The average Bonchev–Trinajstić information content (AvgIpc) is 2.33. The Kier molecular flexibility index (Phi) is 2.81. The predicted molar refractivity (Wildman–Crippen MR) is 61.7 cm³/mol. The smallest absolute Gasteiger partial charge is 0.148 e. The maximum absolute atomic E-state index is 13.3. The van der Waals surface area contributed by atoms with Crippen LogP contribution >= 0.6 is 0 Å². The van der Waals surface area contributed by atoms with Crippen LogP contribution in [-0.2, 0) is 0 Å². The van der Waals surface area contributed by atoms with E-state index in [4.69, 9.17) is 0 Å². The quantitative estimate of drug-likeness (QED) is 0.840. The third-order valence-corrected chi connectivity index (χ3v) is 2.46. The highest BCUT2D eigenvalue weighted by atomic mass is 19.1. The molecule has 0 atom stereocenters. The average molecular weight is 217 g/mol. The third kappa shape index (κ3) is 1.86. The molecule has 0 aliphatic carbocycles. The van der Waals surface area contributed by atoms with Crippen molar-refractivity contribution in [3.63, 3.8) is 0 Å². The van der Waals surface area contributed by atoms with Gasteiger partial charge in [0.15, 0.2) is 0 Å². The van der Waals surface area contributed by atoms with Crippen LogP contribution in [0.5, 0.6) is 0 Å². The summed E-state index contributed by atoms with van der Waals surface area (Å²) in [7, 11) is 1.77. The maximum atomic E-state index is 13.3. The number of nitrogens with zero attached hydrogens (tertiary/aromatic N) is 2. The van der Waals surface area contributed by atoms with Crippen molar-refractivity contribution in [2.75, 3.05) is 12.4 Å². The Morgan fingerprint density at radius 2 is 1.94 bits per heavy atom. The molecule has 1 aromatic carbocycles. The number of nitrogens with one attached hydrogen (secondary N) is 1. The van der Waals surface area contributed by atoms with E-state index in [-0.39, 0.29) is 5.82 Å². The first-order valence-electron chi connectivity index (χ1n) is 4.99. The van der Waals surface area contributed by atoms with Gasteiger partial charge in [-0.25, -0.2) is 4.39 Å². The number of hydrogen-bond acceptors (Lipinski definition) is 3. The molecule has 2 rings (SSSR count). The second kappa shape index (κ2) is 4.26. The van der Waals surface area contributed by atoms with Crippen LogP contribution in [0.25, 0.3) is 11.3 Å². The molecule has 0 unspecified atom stereocenters. The van der Waals surface area contributed by atoms with E-state index in [0.717, 1.165) is 5.56 Å². The molecule has 0 aliphatic rings. The summed E-state index contributed by atoms with van der Waals surface area (Å²) >= 11 is 0. The molecular weight excluding hydrogens is 205 g/mol. The number of aromatic nitrogens is 2. The molecule has 4 heteroatoms. The molecule has 0 spiro atoms. The Morgan fingerprint density at radius 3 is 2.56 bits per heavy atom. The molecule has 1 N–H and O–H groups in total. The minimum absolute atomic E-state index is 0.225. The van der Waals surface area contributed by atoms with Gasteiger partial charge in [0.05, 0.1) is 5.69 Å². The van der Waals surface area contributed by atoms with Gasteiger partial charge in [0.1, 0.15) is 11.6 Å². The number of halogens is 1. The van der Waals surface area contributed by atoms with Gasteiger partial charge in [-0.2, -0.15) is 0 Å². The fourth-order valence-electron chi connectivity index (χ4n) is 1.49. The van der Waals surface area contributed by atoms with Crippen molar-refractivity contribution in [3.8, 4) is 11.3 Å². The Labute approximate surface area is 93.3 Å². The van der Waals surface area contributed by atoms with Crippen molar-refractivity contribution in [3.05, 3.63) is 41.7 Å². The van der Waals surface area contributed by atoms with Gasteiger partial charge in [0.25, 0.3) is 0 Å². The van der Waals surface area contributed by atoms with E-state index in [9.17, 15) is 4.39 Å². The lowest BCUT2D eigenvalue weighted by molar-refractivity contribution is 0.619. The summed E-state index contributed by atoms with van der Waals surface area (Å²) < 4.78 is 13.3. The third-order valence-electron chi connectivity index (χ3n) is 2.46. The summed E-state index contributed by atoms with van der Waals surface area (Å²) in [5.74, 6) is 0.467. The van der Waals surface area contributed by atoms with Crippen LogP contribution < -0.4 is 5.32 Å². The standard InChI is InChI=1S/C12H12FN3/c1-8-9(4-3-5-10(8)13)11-6-7-12(14-2)16-15-11/h3-7H,1-2H3,(H,14,16). The van der Waals surface area contributed by atoms with Crippen molar-refractivity contribution in [1.82, 2.24) is 10.2 Å². The molecule has 0 bridgehead atoms. The van der Waals surface area contributed by atoms with Crippen LogP contribution in [0.3, 0.4) is 0 Å². The summed E-state index contributed by atoms with van der Waals surface area (Å²) in [4.78, 5) is 0. The van der Waals surface area contributed by atoms with Crippen molar-refractivity contribution < 1.29 is 4.39 Å². The van der Waals surface area contributed by atoms with E-state index in [1.807, 2.05) is 18.2 Å². The lowest BCUT2D eigenvalue weighted by atomic mass is 10.1. The molecule has 82 valence electrons. The molecule has 1 aromatic heterocycles. The Hall–Kier alpha value is -1.97. The molecule has 0 saturated carbocycles. The Bertz CT molecular complexity index is 494. The van der Waals surface area contributed by atoms with Crippen LogP contribution in [0.15, 0.2) is 30.3 Å². The van der Waals surface area contributed by atoms with Gasteiger partial charge < -0.3 is 5.32 Å². The molecule has 0 fully saturated rings. The van der Waals surface area contributed by atoms with Crippen molar-refractivity contribution >= 4 is 5.82 Å². The molecule has 3 nitrogen and oxygen atoms in total. The number of rotatable bonds is 2. The van der Waals surface area contributed by atoms with E-state index in [2.05, 4.69) is 15.5 Å². The number of anilines is 1. The largest absolute Gasteiger partial charge is 0.372 e. The highest BCUT2D eigenvalue weighted by Gasteiger charge is 2.07. The Morgan fingerprint density at radius 1 is 1.12 bits per heavy atom. The monoisotopic (exact) mass is 217 g/mol. The maximum Gasteiger partial charge on any atom is 0.148 e. The topological polar surface area (TPSA) is 37.8 Å².